The highest BCUT2D eigenvalue weighted by Gasteiger charge is 2.37. The van der Waals surface area contributed by atoms with E-state index < -0.39 is 0 Å². The van der Waals surface area contributed by atoms with E-state index in [2.05, 4.69) is 11.9 Å². The third-order valence-electron chi connectivity index (χ3n) is 4.63. The Bertz CT molecular complexity index is 223. The van der Waals surface area contributed by atoms with Crippen LogP contribution in [0.4, 0.5) is 0 Å². The molecule has 1 N–H and O–H groups in total. The molecule has 1 nitrogen and oxygen atoms in total. The number of nitrogens with one attached hydrogen (secondary N) is 1. The Labute approximate surface area is 111 Å². The number of thioether (sulfide) groups is 1. The van der Waals surface area contributed by atoms with Crippen molar-refractivity contribution < 1.29 is 0 Å². The van der Waals surface area contributed by atoms with Crippen LogP contribution in [0.1, 0.15) is 51.4 Å². The average molecular weight is 253 g/mol. The smallest absolute Gasteiger partial charge is 0.0111 e. The highest BCUT2D eigenvalue weighted by molar-refractivity contribution is 7.99. The molecule has 0 aromatic heterocycles. The summed E-state index contributed by atoms with van der Waals surface area (Å²) in [5.41, 5.74) is 0.787. The molecule has 0 amide bonds. The summed E-state index contributed by atoms with van der Waals surface area (Å²) in [6.45, 7) is 4.92. The van der Waals surface area contributed by atoms with E-state index in [-0.39, 0.29) is 0 Å². The first-order valence-electron chi connectivity index (χ1n) is 7.27. The number of hydrogen-bond acceptors (Lipinski definition) is 2. The zero-order valence-corrected chi connectivity index (χ0v) is 11.9. The van der Waals surface area contributed by atoms with Gasteiger partial charge in [-0.1, -0.05) is 18.9 Å². The van der Waals surface area contributed by atoms with Gasteiger partial charge in [0, 0.05) is 24.1 Å². The van der Waals surface area contributed by atoms with Crippen LogP contribution in [-0.4, -0.2) is 24.1 Å². The summed E-state index contributed by atoms with van der Waals surface area (Å²) in [4.78, 5) is 0. The van der Waals surface area contributed by atoms with E-state index in [1.165, 1.54) is 63.7 Å². The molecule has 17 heavy (non-hydrogen) atoms. The minimum absolute atomic E-state index is 0.787. The standard InChI is InChI=1S/C15H27NS/c1-2-12-17-13-11-16-14-5-9-15(10-6-14)7-3-4-8-15/h2,14,16H,1,3-13H2. The van der Waals surface area contributed by atoms with Crippen molar-refractivity contribution in [2.45, 2.75) is 57.4 Å². The van der Waals surface area contributed by atoms with Gasteiger partial charge in [-0.2, -0.15) is 11.8 Å². The molecule has 0 heterocycles. The van der Waals surface area contributed by atoms with Gasteiger partial charge in [0.05, 0.1) is 0 Å². The van der Waals surface area contributed by atoms with E-state index >= 15 is 0 Å². The summed E-state index contributed by atoms with van der Waals surface area (Å²) >= 11 is 1.98. The Morgan fingerprint density at radius 3 is 2.53 bits per heavy atom. The average Bonchev–Trinajstić information content (AvgIpc) is 2.80. The molecule has 0 aromatic carbocycles. The van der Waals surface area contributed by atoms with Gasteiger partial charge in [0.2, 0.25) is 0 Å². The summed E-state index contributed by atoms with van der Waals surface area (Å²) in [6, 6.07) is 0.811. The topological polar surface area (TPSA) is 12.0 Å². The summed E-state index contributed by atoms with van der Waals surface area (Å²) in [6.07, 6.45) is 13.9. The molecule has 0 unspecified atom stereocenters. The van der Waals surface area contributed by atoms with Gasteiger partial charge in [-0.25, -0.2) is 0 Å². The van der Waals surface area contributed by atoms with Crippen LogP contribution in [-0.2, 0) is 0 Å². The summed E-state index contributed by atoms with van der Waals surface area (Å²) < 4.78 is 0. The van der Waals surface area contributed by atoms with E-state index in [1.807, 2.05) is 17.8 Å². The lowest BCUT2D eigenvalue weighted by molar-refractivity contribution is 0.170. The van der Waals surface area contributed by atoms with Crippen LogP contribution >= 0.6 is 11.8 Å². The second-order valence-electron chi connectivity index (χ2n) is 5.80. The maximum Gasteiger partial charge on any atom is 0.0111 e. The highest BCUT2D eigenvalue weighted by atomic mass is 32.2. The second-order valence-corrected chi connectivity index (χ2v) is 6.95. The fraction of sp³-hybridized carbons (Fsp3) is 0.867. The van der Waals surface area contributed by atoms with Gasteiger partial charge in [0.25, 0.3) is 0 Å². The molecular weight excluding hydrogens is 226 g/mol. The second kappa shape index (κ2) is 6.84. The summed E-state index contributed by atoms with van der Waals surface area (Å²) in [7, 11) is 0. The van der Waals surface area contributed by atoms with Crippen LogP contribution in [0.2, 0.25) is 0 Å². The highest BCUT2D eigenvalue weighted by Crippen LogP contribution is 2.48. The van der Waals surface area contributed by atoms with E-state index in [1.54, 1.807) is 0 Å². The van der Waals surface area contributed by atoms with Crippen LogP contribution < -0.4 is 5.32 Å². The predicted octanol–water partition coefficient (Wildman–Crippen LogP) is 4.00. The minimum Gasteiger partial charge on any atom is -0.313 e. The molecule has 2 heteroatoms. The van der Waals surface area contributed by atoms with E-state index in [0.29, 0.717) is 0 Å². The first-order chi connectivity index (χ1) is 8.35. The molecule has 2 aliphatic rings. The van der Waals surface area contributed by atoms with Gasteiger partial charge in [0.15, 0.2) is 0 Å². The Morgan fingerprint density at radius 1 is 1.18 bits per heavy atom. The molecule has 2 saturated carbocycles. The number of rotatable bonds is 6. The van der Waals surface area contributed by atoms with Crippen molar-refractivity contribution in [3.63, 3.8) is 0 Å². The lowest BCUT2D eigenvalue weighted by Gasteiger charge is -2.37. The largest absolute Gasteiger partial charge is 0.313 e. The molecular formula is C15H27NS. The third-order valence-corrected chi connectivity index (χ3v) is 5.59. The van der Waals surface area contributed by atoms with Gasteiger partial charge in [-0.3, -0.25) is 0 Å². The Kier molecular flexibility index (Phi) is 5.43. The molecule has 0 aromatic rings. The van der Waals surface area contributed by atoms with Crippen LogP contribution in [0.3, 0.4) is 0 Å². The first-order valence-corrected chi connectivity index (χ1v) is 8.42. The fourth-order valence-corrected chi connectivity index (χ4v) is 4.16. The lowest BCUT2D eigenvalue weighted by Crippen LogP contribution is -2.37. The molecule has 98 valence electrons. The van der Waals surface area contributed by atoms with Crippen molar-refractivity contribution in [2.24, 2.45) is 5.41 Å². The van der Waals surface area contributed by atoms with Crippen molar-refractivity contribution in [3.8, 4) is 0 Å². The van der Waals surface area contributed by atoms with Crippen LogP contribution in [0.25, 0.3) is 0 Å². The Hall–Kier alpha value is 0.0500. The van der Waals surface area contributed by atoms with Gasteiger partial charge in [-0.15, -0.1) is 6.58 Å². The van der Waals surface area contributed by atoms with Crippen molar-refractivity contribution in [3.05, 3.63) is 12.7 Å². The maximum atomic E-state index is 3.75. The first kappa shape index (κ1) is 13.5. The maximum absolute atomic E-state index is 3.75. The summed E-state index contributed by atoms with van der Waals surface area (Å²) in [5.74, 6) is 2.32. The van der Waals surface area contributed by atoms with Crippen LogP contribution in [0.5, 0.6) is 0 Å². The monoisotopic (exact) mass is 253 g/mol. The minimum atomic E-state index is 0.787. The molecule has 0 saturated heterocycles. The quantitative estimate of drug-likeness (QED) is 0.567. The van der Waals surface area contributed by atoms with Gasteiger partial charge in [-0.05, 0) is 43.9 Å². The zero-order chi connectivity index (χ0) is 12.0. The molecule has 0 bridgehead atoms. The van der Waals surface area contributed by atoms with Crippen LogP contribution in [0.15, 0.2) is 12.7 Å². The third kappa shape index (κ3) is 4.03. The molecule has 2 aliphatic carbocycles. The Morgan fingerprint density at radius 2 is 1.88 bits per heavy atom. The predicted molar refractivity (Wildman–Crippen MR) is 78.7 cm³/mol. The molecule has 1 spiro atoms. The molecule has 0 atom stereocenters. The van der Waals surface area contributed by atoms with Crippen molar-refractivity contribution in [1.29, 1.82) is 0 Å². The molecule has 0 aliphatic heterocycles. The molecule has 0 radical (unpaired) electrons. The summed E-state index contributed by atoms with van der Waals surface area (Å²) in [5, 5.41) is 3.73. The Balaban J connectivity index is 1.57. The van der Waals surface area contributed by atoms with Gasteiger partial charge in [0.1, 0.15) is 0 Å². The lowest BCUT2D eigenvalue weighted by atomic mass is 9.71. The van der Waals surface area contributed by atoms with E-state index in [4.69, 9.17) is 0 Å². The van der Waals surface area contributed by atoms with E-state index in [0.717, 1.165) is 17.2 Å². The van der Waals surface area contributed by atoms with E-state index in [9.17, 15) is 0 Å². The van der Waals surface area contributed by atoms with Crippen molar-refractivity contribution >= 4 is 11.8 Å². The van der Waals surface area contributed by atoms with Crippen molar-refractivity contribution in [1.82, 2.24) is 5.32 Å². The van der Waals surface area contributed by atoms with Gasteiger partial charge < -0.3 is 5.32 Å². The normalized spacial score (nSPS) is 24.2. The van der Waals surface area contributed by atoms with Crippen molar-refractivity contribution in [2.75, 3.05) is 18.1 Å². The van der Waals surface area contributed by atoms with Gasteiger partial charge >= 0.3 is 0 Å². The number of hydrogen-bond donors (Lipinski definition) is 1. The zero-order valence-electron chi connectivity index (χ0n) is 11.0. The van der Waals surface area contributed by atoms with Crippen LogP contribution in [0, 0.1) is 5.41 Å². The molecule has 2 rings (SSSR count). The molecule has 2 fully saturated rings. The SMILES string of the molecule is C=CCSCCNC1CCC2(CCCC2)CC1. The fourth-order valence-electron chi connectivity index (χ4n) is 3.56.